The Bertz CT molecular complexity index is 1240. The molecule has 2 aromatic rings. The van der Waals surface area contributed by atoms with Crippen molar-refractivity contribution in [1.82, 2.24) is 5.32 Å². The summed E-state index contributed by atoms with van der Waals surface area (Å²) < 4.78 is 70.5. The fourth-order valence-corrected chi connectivity index (χ4v) is 3.73. The number of esters is 1. The Balaban J connectivity index is 1.65. The van der Waals surface area contributed by atoms with Crippen LogP contribution in [0.5, 0.6) is 0 Å². The van der Waals surface area contributed by atoms with Crippen molar-refractivity contribution in [2.24, 2.45) is 4.99 Å². The van der Waals surface area contributed by atoms with Gasteiger partial charge in [0.05, 0.1) is 29.3 Å². The summed E-state index contributed by atoms with van der Waals surface area (Å²) in [7, 11) is 0. The minimum absolute atomic E-state index is 0.0105. The Labute approximate surface area is 209 Å². The number of amides is 1. The van der Waals surface area contributed by atoms with E-state index in [-0.39, 0.29) is 32.1 Å². The number of alkyl carbamates (subject to hydrolysis) is 1. The summed E-state index contributed by atoms with van der Waals surface area (Å²) in [5.41, 5.74) is -4.35. The maximum absolute atomic E-state index is 15.2. The maximum Gasteiger partial charge on any atom is 0.408 e. The molecule has 0 atom stereocenters. The molecule has 196 valence electrons. The van der Waals surface area contributed by atoms with Gasteiger partial charge in [-0.25, -0.2) is 27.2 Å². The number of aliphatic hydroxyl groups excluding tert-OH is 1. The maximum atomic E-state index is 15.2. The standard InChI is InChI=1S/C26H24F4N2O5/c1-2-36-24(34)16(12-31-15-8-9-15)23(33)17-19(27)21(29)18(22(30)20(17)28)26(10-11-26)32-25(35)37-13-14-6-4-3-5-7-14/h3-7,12,15,33H,2,8-11,13H2,1H3,(H,32,35)/b23-16-,31-12?. The molecule has 0 heterocycles. The van der Waals surface area contributed by atoms with E-state index in [9.17, 15) is 14.7 Å². The molecule has 11 heteroatoms. The van der Waals surface area contributed by atoms with Gasteiger partial charge in [-0.3, -0.25) is 4.99 Å². The molecule has 37 heavy (non-hydrogen) atoms. The lowest BCUT2D eigenvalue weighted by Crippen LogP contribution is -2.37. The fourth-order valence-electron chi connectivity index (χ4n) is 3.73. The number of benzene rings is 2. The predicted molar refractivity (Wildman–Crippen MR) is 125 cm³/mol. The van der Waals surface area contributed by atoms with E-state index < -0.39 is 63.3 Å². The number of hydrogen-bond donors (Lipinski definition) is 2. The summed E-state index contributed by atoms with van der Waals surface area (Å²) in [6.45, 7) is 1.20. The minimum atomic E-state index is -1.93. The quantitative estimate of drug-likeness (QED) is 0.118. The molecule has 2 aliphatic rings. The first-order chi connectivity index (χ1) is 17.7. The van der Waals surface area contributed by atoms with Crippen LogP contribution in [-0.2, 0) is 26.4 Å². The molecule has 2 aromatic carbocycles. The van der Waals surface area contributed by atoms with Gasteiger partial charge in [-0.1, -0.05) is 30.3 Å². The number of nitrogens with one attached hydrogen (secondary N) is 1. The summed E-state index contributed by atoms with van der Waals surface area (Å²) in [6.07, 6.45) is 1.26. The molecule has 0 unspecified atom stereocenters. The fraction of sp³-hybridized carbons (Fsp3) is 0.346. The lowest BCUT2D eigenvalue weighted by molar-refractivity contribution is -0.137. The third-order valence-corrected chi connectivity index (χ3v) is 5.99. The average Bonchev–Trinajstić information content (AvgIpc) is 3.81. The highest BCUT2D eigenvalue weighted by Crippen LogP contribution is 2.49. The van der Waals surface area contributed by atoms with Gasteiger partial charge in [0.1, 0.15) is 17.9 Å². The summed E-state index contributed by atoms with van der Waals surface area (Å²) in [4.78, 5) is 28.6. The lowest BCUT2D eigenvalue weighted by Gasteiger charge is -2.21. The van der Waals surface area contributed by atoms with Crippen LogP contribution >= 0.6 is 0 Å². The number of carbonyl (C=O) groups excluding carboxylic acids is 2. The second-order valence-electron chi connectivity index (χ2n) is 8.77. The summed E-state index contributed by atoms with van der Waals surface area (Å²) in [5, 5.41) is 12.8. The molecule has 1 amide bonds. The topological polar surface area (TPSA) is 97.2 Å². The number of rotatable bonds is 9. The first kappa shape index (κ1) is 26.2. The molecule has 0 spiro atoms. The average molecular weight is 520 g/mol. The number of ether oxygens (including phenoxy) is 2. The predicted octanol–water partition coefficient (Wildman–Crippen LogP) is 5.22. The van der Waals surface area contributed by atoms with Crippen LogP contribution in [0, 0.1) is 23.3 Å². The summed E-state index contributed by atoms with van der Waals surface area (Å²) in [5.74, 6) is -10.0. The molecule has 7 nitrogen and oxygen atoms in total. The lowest BCUT2D eigenvalue weighted by atomic mass is 9.97. The second-order valence-corrected chi connectivity index (χ2v) is 8.77. The van der Waals surface area contributed by atoms with Gasteiger partial charge in [0.25, 0.3) is 0 Å². The monoisotopic (exact) mass is 520 g/mol. The Kier molecular flexibility index (Phi) is 7.51. The number of hydrogen-bond acceptors (Lipinski definition) is 6. The van der Waals surface area contributed by atoms with Crippen LogP contribution < -0.4 is 5.32 Å². The van der Waals surface area contributed by atoms with Gasteiger partial charge in [-0.2, -0.15) is 0 Å². The molecule has 0 aliphatic heterocycles. The first-order valence-electron chi connectivity index (χ1n) is 11.7. The van der Waals surface area contributed by atoms with Gasteiger partial charge < -0.3 is 19.9 Å². The molecule has 4 rings (SSSR count). The van der Waals surface area contributed by atoms with E-state index in [1.165, 1.54) is 6.92 Å². The largest absolute Gasteiger partial charge is 0.506 e. The molecule has 2 N–H and O–H groups in total. The zero-order valence-electron chi connectivity index (χ0n) is 19.8. The van der Waals surface area contributed by atoms with Crippen molar-refractivity contribution < 1.29 is 41.7 Å². The van der Waals surface area contributed by atoms with E-state index in [0.717, 1.165) is 19.1 Å². The molecule has 0 bridgehead atoms. The van der Waals surface area contributed by atoms with Crippen LogP contribution in [0.1, 0.15) is 49.3 Å². The molecular formula is C26H24F4N2O5. The van der Waals surface area contributed by atoms with Gasteiger partial charge in [0, 0.05) is 6.21 Å². The van der Waals surface area contributed by atoms with Crippen molar-refractivity contribution >= 4 is 24.0 Å². The van der Waals surface area contributed by atoms with Crippen molar-refractivity contribution in [2.45, 2.75) is 50.8 Å². The van der Waals surface area contributed by atoms with Crippen molar-refractivity contribution in [1.29, 1.82) is 0 Å². The van der Waals surface area contributed by atoms with E-state index in [1.54, 1.807) is 30.3 Å². The molecule has 2 aliphatic carbocycles. The van der Waals surface area contributed by atoms with Gasteiger partial charge in [-0.05, 0) is 38.2 Å². The van der Waals surface area contributed by atoms with Crippen LogP contribution in [-0.4, -0.2) is 36.0 Å². The smallest absolute Gasteiger partial charge is 0.408 e. The molecule has 0 aromatic heterocycles. The van der Waals surface area contributed by atoms with Gasteiger partial charge in [0.2, 0.25) is 0 Å². The molecule has 2 saturated carbocycles. The van der Waals surface area contributed by atoms with E-state index in [4.69, 9.17) is 9.47 Å². The third kappa shape index (κ3) is 5.60. The van der Waals surface area contributed by atoms with E-state index >= 15 is 17.6 Å². The summed E-state index contributed by atoms with van der Waals surface area (Å²) >= 11 is 0. The minimum Gasteiger partial charge on any atom is -0.506 e. The number of aliphatic imine (C=N–C) groups is 1. The number of halogens is 4. The Hall–Kier alpha value is -3.89. The van der Waals surface area contributed by atoms with E-state index in [0.29, 0.717) is 5.56 Å². The second kappa shape index (κ2) is 10.6. The zero-order chi connectivity index (χ0) is 26.7. The molecular weight excluding hydrogens is 496 g/mol. The highest BCUT2D eigenvalue weighted by Gasteiger charge is 2.52. The van der Waals surface area contributed by atoms with Crippen LogP contribution in [0.25, 0.3) is 5.76 Å². The Morgan fingerprint density at radius 1 is 1.05 bits per heavy atom. The molecule has 0 radical (unpaired) electrons. The Morgan fingerprint density at radius 2 is 1.68 bits per heavy atom. The van der Waals surface area contributed by atoms with Crippen molar-refractivity contribution in [3.8, 4) is 0 Å². The first-order valence-corrected chi connectivity index (χ1v) is 11.7. The Morgan fingerprint density at radius 3 is 2.22 bits per heavy atom. The molecule has 0 saturated heterocycles. The SMILES string of the molecule is CCOC(=O)/C(C=NC1CC1)=C(\O)c1c(F)c(F)c(C2(NC(=O)OCc3ccccc3)CC2)c(F)c1F. The van der Waals surface area contributed by atoms with Gasteiger partial charge >= 0.3 is 12.1 Å². The highest BCUT2D eigenvalue weighted by atomic mass is 19.2. The number of carbonyl (C=O) groups is 2. The van der Waals surface area contributed by atoms with Crippen molar-refractivity contribution in [3.05, 3.63) is 75.9 Å². The van der Waals surface area contributed by atoms with E-state index in [1.807, 2.05) is 0 Å². The number of aliphatic hydroxyl groups is 1. The van der Waals surface area contributed by atoms with Gasteiger partial charge in [-0.15, -0.1) is 0 Å². The summed E-state index contributed by atoms with van der Waals surface area (Å²) in [6, 6.07) is 8.48. The zero-order valence-corrected chi connectivity index (χ0v) is 19.8. The molecule has 2 fully saturated rings. The van der Waals surface area contributed by atoms with Crippen LogP contribution in [0.4, 0.5) is 22.4 Å². The van der Waals surface area contributed by atoms with Crippen molar-refractivity contribution in [3.63, 3.8) is 0 Å². The van der Waals surface area contributed by atoms with Crippen LogP contribution in [0.3, 0.4) is 0 Å². The van der Waals surface area contributed by atoms with Crippen LogP contribution in [0.2, 0.25) is 0 Å². The third-order valence-electron chi connectivity index (χ3n) is 5.99. The normalized spacial score (nSPS) is 16.8. The van der Waals surface area contributed by atoms with E-state index in [2.05, 4.69) is 10.3 Å². The van der Waals surface area contributed by atoms with Crippen LogP contribution in [0.15, 0.2) is 40.9 Å². The number of nitrogens with zero attached hydrogens (tertiary/aromatic N) is 1. The van der Waals surface area contributed by atoms with Crippen molar-refractivity contribution in [2.75, 3.05) is 6.61 Å². The highest BCUT2D eigenvalue weighted by molar-refractivity contribution is 6.15. The van der Waals surface area contributed by atoms with Gasteiger partial charge in [0.15, 0.2) is 23.3 Å².